The van der Waals surface area contributed by atoms with E-state index < -0.39 is 14.6 Å². The maximum Gasteiger partial charge on any atom is 0.193 e. The maximum absolute atomic E-state index is 12.2. The number of benzene rings is 1. The topological polar surface area (TPSA) is 65.0 Å². The Labute approximate surface area is 158 Å². The molecule has 2 rings (SSSR count). The first-order valence-corrected chi connectivity index (χ1v) is 10.8. The molecule has 0 saturated carbocycles. The van der Waals surface area contributed by atoms with Crippen LogP contribution in [0, 0.1) is 0 Å². The quantitative estimate of drug-likeness (QED) is 0.461. The number of rotatable bonds is 6. The Morgan fingerprint density at radius 1 is 1.31 bits per heavy atom. The zero-order valence-corrected chi connectivity index (χ0v) is 17.2. The molecule has 6 nitrogen and oxygen atoms in total. The number of nitrogens with one attached hydrogen (secondary N) is 1. The summed E-state index contributed by atoms with van der Waals surface area (Å²) < 4.78 is 23.6. The molecule has 7 heteroatoms. The SMILES string of the molecule is CN=C(NCCCN(C)Cc1ccccc1)N1CCS(=O)(=O)C(C)(C)C1. The van der Waals surface area contributed by atoms with E-state index in [-0.39, 0.29) is 5.75 Å². The molecule has 1 aliphatic heterocycles. The molecule has 1 aliphatic rings. The van der Waals surface area contributed by atoms with Crippen molar-refractivity contribution < 1.29 is 8.42 Å². The van der Waals surface area contributed by atoms with Gasteiger partial charge in [0.2, 0.25) is 0 Å². The lowest BCUT2D eigenvalue weighted by Crippen LogP contribution is -2.57. The number of aliphatic imine (C=N–C) groups is 1. The molecule has 1 saturated heterocycles. The van der Waals surface area contributed by atoms with E-state index in [2.05, 4.69) is 51.4 Å². The Hall–Kier alpha value is -1.60. The third kappa shape index (κ3) is 5.45. The highest BCUT2D eigenvalue weighted by Crippen LogP contribution is 2.23. The van der Waals surface area contributed by atoms with Crippen LogP contribution in [0.2, 0.25) is 0 Å². The second-order valence-corrected chi connectivity index (χ2v) is 10.3. The second-order valence-electron chi connectivity index (χ2n) is 7.55. The molecule has 0 unspecified atom stereocenters. The average molecular weight is 381 g/mol. The normalized spacial score (nSPS) is 19.6. The van der Waals surface area contributed by atoms with Crippen LogP contribution in [-0.4, -0.2) is 75.0 Å². The van der Waals surface area contributed by atoms with Crippen molar-refractivity contribution in [2.45, 2.75) is 31.6 Å². The van der Waals surface area contributed by atoms with Crippen molar-refractivity contribution in [3.8, 4) is 0 Å². The van der Waals surface area contributed by atoms with Crippen LogP contribution in [0.1, 0.15) is 25.8 Å². The fraction of sp³-hybridized carbons (Fsp3) is 0.632. The van der Waals surface area contributed by atoms with Crippen molar-refractivity contribution in [3.05, 3.63) is 35.9 Å². The summed E-state index contributed by atoms with van der Waals surface area (Å²) in [7, 11) is 0.842. The van der Waals surface area contributed by atoms with Gasteiger partial charge in [0.25, 0.3) is 0 Å². The van der Waals surface area contributed by atoms with Crippen LogP contribution in [0.5, 0.6) is 0 Å². The fourth-order valence-electron chi connectivity index (χ4n) is 3.18. The first-order chi connectivity index (χ1) is 12.2. The van der Waals surface area contributed by atoms with Gasteiger partial charge in [-0.1, -0.05) is 30.3 Å². The Morgan fingerprint density at radius 2 is 2.00 bits per heavy atom. The van der Waals surface area contributed by atoms with Gasteiger partial charge >= 0.3 is 0 Å². The number of sulfone groups is 1. The largest absolute Gasteiger partial charge is 0.356 e. The molecule has 0 aliphatic carbocycles. The van der Waals surface area contributed by atoms with E-state index in [0.29, 0.717) is 13.1 Å². The Morgan fingerprint density at radius 3 is 2.62 bits per heavy atom. The highest BCUT2D eigenvalue weighted by Gasteiger charge is 2.40. The van der Waals surface area contributed by atoms with Crippen LogP contribution in [0.3, 0.4) is 0 Å². The van der Waals surface area contributed by atoms with Crippen molar-refractivity contribution >= 4 is 15.8 Å². The molecule has 26 heavy (non-hydrogen) atoms. The molecule has 1 aromatic rings. The number of hydrogen-bond acceptors (Lipinski definition) is 4. The van der Waals surface area contributed by atoms with Crippen molar-refractivity contribution in [2.24, 2.45) is 4.99 Å². The van der Waals surface area contributed by atoms with Crippen molar-refractivity contribution in [1.82, 2.24) is 15.1 Å². The lowest BCUT2D eigenvalue weighted by atomic mass is 10.2. The van der Waals surface area contributed by atoms with E-state index in [0.717, 1.165) is 32.0 Å². The standard InChI is InChI=1S/C19H32N4O2S/c1-19(2)16-23(13-14-26(19,24)25)18(20-3)21-11-8-12-22(4)15-17-9-6-5-7-10-17/h5-7,9-10H,8,11-16H2,1-4H3,(H,20,21). The van der Waals surface area contributed by atoms with Gasteiger partial charge in [0, 0.05) is 33.2 Å². The predicted molar refractivity (Wildman–Crippen MR) is 108 cm³/mol. The van der Waals surface area contributed by atoms with Gasteiger partial charge < -0.3 is 15.1 Å². The van der Waals surface area contributed by atoms with E-state index >= 15 is 0 Å². The molecular formula is C19H32N4O2S. The van der Waals surface area contributed by atoms with Gasteiger partial charge in [0.05, 0.1) is 10.5 Å². The minimum Gasteiger partial charge on any atom is -0.356 e. The van der Waals surface area contributed by atoms with Gasteiger partial charge in [-0.2, -0.15) is 0 Å². The summed E-state index contributed by atoms with van der Waals surface area (Å²) in [5, 5.41) is 3.38. The van der Waals surface area contributed by atoms with Crippen molar-refractivity contribution in [2.75, 3.05) is 46.0 Å². The first-order valence-electron chi connectivity index (χ1n) is 9.15. The molecule has 1 N–H and O–H groups in total. The minimum atomic E-state index is -3.03. The molecule has 1 fully saturated rings. The summed E-state index contributed by atoms with van der Waals surface area (Å²) in [5.41, 5.74) is 1.32. The summed E-state index contributed by atoms with van der Waals surface area (Å²) >= 11 is 0. The first kappa shape index (κ1) is 20.7. The van der Waals surface area contributed by atoms with Crippen molar-refractivity contribution in [3.63, 3.8) is 0 Å². The molecule has 0 bridgehead atoms. The van der Waals surface area contributed by atoms with E-state index in [4.69, 9.17) is 0 Å². The number of guanidine groups is 1. The van der Waals surface area contributed by atoms with Crippen LogP contribution in [0.15, 0.2) is 35.3 Å². The van der Waals surface area contributed by atoms with E-state index in [1.54, 1.807) is 20.9 Å². The van der Waals surface area contributed by atoms with Gasteiger partial charge in [0.1, 0.15) is 0 Å². The molecule has 1 heterocycles. The van der Waals surface area contributed by atoms with E-state index in [9.17, 15) is 8.42 Å². The lowest BCUT2D eigenvalue weighted by molar-refractivity contribution is 0.319. The van der Waals surface area contributed by atoms with Crippen LogP contribution in [0.4, 0.5) is 0 Å². The van der Waals surface area contributed by atoms with Crippen LogP contribution >= 0.6 is 0 Å². The van der Waals surface area contributed by atoms with E-state index in [1.807, 2.05) is 6.07 Å². The van der Waals surface area contributed by atoms with Crippen LogP contribution in [0.25, 0.3) is 0 Å². The summed E-state index contributed by atoms with van der Waals surface area (Å²) in [6.45, 7) is 7.30. The average Bonchev–Trinajstić information content (AvgIpc) is 2.58. The molecule has 0 aromatic heterocycles. The smallest absolute Gasteiger partial charge is 0.193 e. The molecule has 146 valence electrons. The number of hydrogen-bond donors (Lipinski definition) is 1. The zero-order chi connectivity index (χ0) is 19.2. The summed E-state index contributed by atoms with van der Waals surface area (Å²) in [6.07, 6.45) is 0.998. The highest BCUT2D eigenvalue weighted by atomic mass is 32.2. The lowest BCUT2D eigenvalue weighted by Gasteiger charge is -2.39. The predicted octanol–water partition coefficient (Wildman–Crippen LogP) is 1.59. The minimum absolute atomic E-state index is 0.181. The molecule has 0 spiro atoms. The maximum atomic E-state index is 12.2. The third-order valence-corrected chi connectivity index (χ3v) is 7.38. The van der Waals surface area contributed by atoms with Gasteiger partial charge in [-0.15, -0.1) is 0 Å². The highest BCUT2D eigenvalue weighted by molar-refractivity contribution is 7.92. The van der Waals surface area contributed by atoms with Gasteiger partial charge in [0.15, 0.2) is 15.8 Å². The molecule has 0 atom stereocenters. The Balaban J connectivity index is 1.76. The monoisotopic (exact) mass is 380 g/mol. The van der Waals surface area contributed by atoms with Gasteiger partial charge in [-0.25, -0.2) is 8.42 Å². The van der Waals surface area contributed by atoms with Gasteiger partial charge in [-0.05, 0) is 39.4 Å². The fourth-order valence-corrected chi connectivity index (χ4v) is 4.55. The van der Waals surface area contributed by atoms with Crippen LogP contribution < -0.4 is 5.32 Å². The molecular weight excluding hydrogens is 348 g/mol. The summed E-state index contributed by atoms with van der Waals surface area (Å²) in [6, 6.07) is 10.4. The summed E-state index contributed by atoms with van der Waals surface area (Å²) in [5.74, 6) is 0.972. The molecule has 0 radical (unpaired) electrons. The third-order valence-electron chi connectivity index (χ3n) is 4.85. The number of nitrogens with zero attached hydrogens (tertiary/aromatic N) is 3. The molecule has 0 amide bonds. The second kappa shape index (κ2) is 8.86. The van der Waals surface area contributed by atoms with Gasteiger partial charge in [-0.3, -0.25) is 4.99 Å². The Bertz CT molecular complexity index is 702. The van der Waals surface area contributed by atoms with Crippen LogP contribution in [-0.2, 0) is 16.4 Å². The van der Waals surface area contributed by atoms with Crippen molar-refractivity contribution in [1.29, 1.82) is 0 Å². The Kier molecular flexibility index (Phi) is 7.06. The summed E-state index contributed by atoms with van der Waals surface area (Å²) in [4.78, 5) is 8.68. The molecule has 1 aromatic carbocycles. The zero-order valence-electron chi connectivity index (χ0n) is 16.4. The van der Waals surface area contributed by atoms with E-state index in [1.165, 1.54) is 5.56 Å².